The maximum Gasteiger partial charge on any atom is 0.255 e. The number of phenols is 2. The number of aryl methyl sites for hydroxylation is 2. The fourth-order valence-electron chi connectivity index (χ4n) is 2.02. The van der Waals surface area contributed by atoms with E-state index in [2.05, 4.69) is 21.2 Å². The highest BCUT2D eigenvalue weighted by Crippen LogP contribution is 2.26. The molecular formula is C15H14BrNO3. The first-order valence-corrected chi connectivity index (χ1v) is 6.77. The number of anilines is 1. The number of halogens is 1. The van der Waals surface area contributed by atoms with E-state index in [-0.39, 0.29) is 23.0 Å². The van der Waals surface area contributed by atoms with Gasteiger partial charge in [-0.3, -0.25) is 4.79 Å². The summed E-state index contributed by atoms with van der Waals surface area (Å²) in [6.45, 7) is 3.79. The largest absolute Gasteiger partial charge is 0.508 e. The standard InChI is InChI=1S/C15H14BrNO3/c1-8-3-11(16)4-9(2)14(8)17-15(20)10-5-12(18)7-13(19)6-10/h3-7,18-19H,1-2H3,(H,17,20). The van der Waals surface area contributed by atoms with Crippen LogP contribution in [0.25, 0.3) is 0 Å². The number of hydrogen-bond acceptors (Lipinski definition) is 3. The van der Waals surface area contributed by atoms with Crippen molar-refractivity contribution in [2.24, 2.45) is 0 Å². The smallest absolute Gasteiger partial charge is 0.255 e. The van der Waals surface area contributed by atoms with Crippen molar-refractivity contribution in [1.82, 2.24) is 0 Å². The van der Waals surface area contributed by atoms with Gasteiger partial charge in [0.15, 0.2) is 0 Å². The molecule has 3 N–H and O–H groups in total. The van der Waals surface area contributed by atoms with Gasteiger partial charge < -0.3 is 15.5 Å². The molecule has 2 aromatic carbocycles. The number of aromatic hydroxyl groups is 2. The zero-order chi connectivity index (χ0) is 14.9. The molecule has 0 aliphatic heterocycles. The number of phenolic OH excluding ortho intramolecular Hbond substituents is 2. The molecule has 0 bridgehead atoms. The second-order valence-corrected chi connectivity index (χ2v) is 5.52. The average Bonchev–Trinajstić information content (AvgIpc) is 2.32. The molecule has 0 heterocycles. The van der Waals surface area contributed by atoms with Crippen LogP contribution in [-0.2, 0) is 0 Å². The van der Waals surface area contributed by atoms with Crippen molar-refractivity contribution in [1.29, 1.82) is 0 Å². The predicted octanol–water partition coefficient (Wildman–Crippen LogP) is 3.73. The third-order valence-corrected chi connectivity index (χ3v) is 3.36. The summed E-state index contributed by atoms with van der Waals surface area (Å²) in [5.41, 5.74) is 2.77. The molecular weight excluding hydrogens is 322 g/mol. The second kappa shape index (κ2) is 5.54. The summed E-state index contributed by atoms with van der Waals surface area (Å²) < 4.78 is 0.945. The van der Waals surface area contributed by atoms with E-state index in [9.17, 15) is 15.0 Å². The van der Waals surface area contributed by atoms with Gasteiger partial charge in [0.25, 0.3) is 5.91 Å². The number of nitrogens with one attached hydrogen (secondary N) is 1. The number of hydrogen-bond donors (Lipinski definition) is 3. The SMILES string of the molecule is Cc1cc(Br)cc(C)c1NC(=O)c1cc(O)cc(O)c1. The van der Waals surface area contributed by atoms with Crippen LogP contribution in [0, 0.1) is 13.8 Å². The highest BCUT2D eigenvalue weighted by atomic mass is 79.9. The first-order valence-electron chi connectivity index (χ1n) is 5.98. The van der Waals surface area contributed by atoms with E-state index in [1.54, 1.807) is 0 Å². The lowest BCUT2D eigenvalue weighted by atomic mass is 10.1. The van der Waals surface area contributed by atoms with Gasteiger partial charge >= 0.3 is 0 Å². The quantitative estimate of drug-likeness (QED) is 0.783. The molecule has 0 aliphatic carbocycles. The van der Waals surface area contributed by atoms with Crippen molar-refractivity contribution in [3.63, 3.8) is 0 Å². The van der Waals surface area contributed by atoms with Gasteiger partial charge in [-0.25, -0.2) is 0 Å². The van der Waals surface area contributed by atoms with Gasteiger partial charge in [-0.1, -0.05) is 15.9 Å². The Morgan fingerprint density at radius 2 is 1.50 bits per heavy atom. The van der Waals surface area contributed by atoms with Crippen LogP contribution in [0.3, 0.4) is 0 Å². The monoisotopic (exact) mass is 335 g/mol. The van der Waals surface area contributed by atoms with E-state index >= 15 is 0 Å². The van der Waals surface area contributed by atoms with E-state index in [1.807, 2.05) is 26.0 Å². The van der Waals surface area contributed by atoms with Crippen LogP contribution < -0.4 is 5.32 Å². The summed E-state index contributed by atoms with van der Waals surface area (Å²) in [4.78, 5) is 12.2. The molecule has 20 heavy (non-hydrogen) atoms. The number of carbonyl (C=O) groups excluding carboxylic acids is 1. The second-order valence-electron chi connectivity index (χ2n) is 4.61. The summed E-state index contributed by atoms with van der Waals surface area (Å²) in [5, 5.41) is 21.6. The molecule has 0 saturated carbocycles. The Labute approximate surface area is 125 Å². The molecule has 5 heteroatoms. The van der Waals surface area contributed by atoms with Crippen molar-refractivity contribution in [3.05, 3.63) is 51.5 Å². The Morgan fingerprint density at radius 1 is 1.00 bits per heavy atom. The van der Waals surface area contributed by atoms with E-state index in [0.717, 1.165) is 21.3 Å². The number of carbonyl (C=O) groups is 1. The van der Waals surface area contributed by atoms with E-state index in [1.165, 1.54) is 18.2 Å². The van der Waals surface area contributed by atoms with Crippen molar-refractivity contribution >= 4 is 27.5 Å². The Morgan fingerprint density at radius 3 is 2.00 bits per heavy atom. The Bertz CT molecular complexity index is 640. The minimum absolute atomic E-state index is 0.153. The minimum Gasteiger partial charge on any atom is -0.508 e. The normalized spacial score (nSPS) is 10.3. The van der Waals surface area contributed by atoms with Crippen LogP contribution in [0.2, 0.25) is 0 Å². The first-order chi connectivity index (χ1) is 9.36. The molecule has 0 aliphatic rings. The van der Waals surface area contributed by atoms with Gasteiger partial charge in [0.2, 0.25) is 0 Å². The average molecular weight is 336 g/mol. The molecule has 2 aromatic rings. The molecule has 0 fully saturated rings. The third kappa shape index (κ3) is 3.11. The number of benzene rings is 2. The Kier molecular flexibility index (Phi) is 3.99. The lowest BCUT2D eigenvalue weighted by molar-refractivity contribution is 0.102. The number of rotatable bonds is 2. The van der Waals surface area contributed by atoms with Gasteiger partial charge in [0.05, 0.1) is 0 Å². The zero-order valence-corrected chi connectivity index (χ0v) is 12.7. The summed E-state index contributed by atoms with van der Waals surface area (Å²) >= 11 is 3.40. The highest BCUT2D eigenvalue weighted by molar-refractivity contribution is 9.10. The molecule has 1 amide bonds. The van der Waals surface area contributed by atoms with Crippen LogP contribution in [0.4, 0.5) is 5.69 Å². The van der Waals surface area contributed by atoms with E-state index in [4.69, 9.17) is 0 Å². The fourth-order valence-corrected chi connectivity index (χ4v) is 2.71. The van der Waals surface area contributed by atoms with Crippen molar-refractivity contribution in [2.75, 3.05) is 5.32 Å². The van der Waals surface area contributed by atoms with Crippen molar-refractivity contribution in [3.8, 4) is 11.5 Å². The van der Waals surface area contributed by atoms with Gasteiger partial charge in [-0.05, 0) is 49.2 Å². The minimum atomic E-state index is -0.385. The molecule has 104 valence electrons. The maximum atomic E-state index is 12.2. The Hall–Kier alpha value is -2.01. The van der Waals surface area contributed by atoms with Gasteiger partial charge in [0, 0.05) is 21.8 Å². The molecule has 4 nitrogen and oxygen atoms in total. The molecule has 0 unspecified atom stereocenters. The molecule has 0 radical (unpaired) electrons. The lowest BCUT2D eigenvalue weighted by Crippen LogP contribution is -2.13. The molecule has 0 spiro atoms. The van der Waals surface area contributed by atoms with E-state index < -0.39 is 0 Å². The van der Waals surface area contributed by atoms with Crippen molar-refractivity contribution < 1.29 is 15.0 Å². The fraction of sp³-hybridized carbons (Fsp3) is 0.133. The topological polar surface area (TPSA) is 69.6 Å². The van der Waals surface area contributed by atoms with Crippen LogP contribution >= 0.6 is 15.9 Å². The Balaban J connectivity index is 2.32. The van der Waals surface area contributed by atoms with Gasteiger partial charge in [-0.15, -0.1) is 0 Å². The predicted molar refractivity (Wildman–Crippen MR) is 81.3 cm³/mol. The summed E-state index contributed by atoms with van der Waals surface area (Å²) in [6, 6.07) is 7.59. The third-order valence-electron chi connectivity index (χ3n) is 2.90. The summed E-state index contributed by atoms with van der Waals surface area (Å²) in [5.74, 6) is -0.691. The van der Waals surface area contributed by atoms with Crippen LogP contribution in [-0.4, -0.2) is 16.1 Å². The maximum absolute atomic E-state index is 12.2. The highest BCUT2D eigenvalue weighted by Gasteiger charge is 2.12. The van der Waals surface area contributed by atoms with Gasteiger partial charge in [0.1, 0.15) is 11.5 Å². The van der Waals surface area contributed by atoms with E-state index in [0.29, 0.717) is 0 Å². The molecule has 0 atom stereocenters. The van der Waals surface area contributed by atoms with Crippen LogP contribution in [0.15, 0.2) is 34.8 Å². The zero-order valence-electron chi connectivity index (χ0n) is 11.1. The molecule has 0 saturated heterocycles. The lowest BCUT2D eigenvalue weighted by Gasteiger charge is -2.12. The number of amides is 1. The van der Waals surface area contributed by atoms with Gasteiger partial charge in [-0.2, -0.15) is 0 Å². The first kappa shape index (κ1) is 14.4. The molecule has 2 rings (SSSR count). The van der Waals surface area contributed by atoms with Crippen molar-refractivity contribution in [2.45, 2.75) is 13.8 Å². The summed E-state index contributed by atoms with van der Waals surface area (Å²) in [7, 11) is 0. The van der Waals surface area contributed by atoms with Crippen LogP contribution in [0.1, 0.15) is 21.5 Å². The summed E-state index contributed by atoms with van der Waals surface area (Å²) in [6.07, 6.45) is 0. The molecule has 0 aromatic heterocycles. The van der Waals surface area contributed by atoms with Crippen LogP contribution in [0.5, 0.6) is 11.5 Å².